The summed E-state index contributed by atoms with van der Waals surface area (Å²) < 4.78 is 50.9. The lowest BCUT2D eigenvalue weighted by atomic mass is 10.2. The Morgan fingerprint density at radius 3 is 2.78 bits per heavy atom. The monoisotopic (exact) mass is 395 g/mol. The normalized spacial score (nSPS) is 16.9. The van der Waals surface area contributed by atoms with Crippen LogP contribution in [0.15, 0.2) is 41.4 Å². The molecule has 10 heteroatoms. The van der Waals surface area contributed by atoms with Gasteiger partial charge in [-0.05, 0) is 36.8 Å². The number of rotatable bonds is 6. The van der Waals surface area contributed by atoms with Crippen molar-refractivity contribution in [2.45, 2.75) is 17.4 Å². The molecule has 2 heterocycles. The maximum absolute atomic E-state index is 12.9. The van der Waals surface area contributed by atoms with E-state index in [9.17, 15) is 17.6 Å². The fraction of sp³-hybridized carbons (Fsp3) is 0.294. The largest absolute Gasteiger partial charge is 0.496 e. The maximum atomic E-state index is 12.9. The molecule has 27 heavy (non-hydrogen) atoms. The molecule has 1 unspecified atom stereocenters. The highest BCUT2D eigenvalue weighted by molar-refractivity contribution is 7.89. The number of hydrogen-bond donors (Lipinski definition) is 2. The van der Waals surface area contributed by atoms with Gasteiger partial charge in [-0.3, -0.25) is 4.79 Å². The Balaban J connectivity index is 1.86. The summed E-state index contributed by atoms with van der Waals surface area (Å²) in [6, 6.07) is 6.10. The summed E-state index contributed by atoms with van der Waals surface area (Å²) in [6.07, 6.45) is 1.54. The Bertz CT molecular complexity index is 928. The molecule has 0 saturated carbocycles. The van der Waals surface area contributed by atoms with Crippen molar-refractivity contribution in [2.24, 2.45) is 0 Å². The fourth-order valence-electron chi connectivity index (χ4n) is 2.58. The van der Waals surface area contributed by atoms with Crippen LogP contribution >= 0.6 is 0 Å². The van der Waals surface area contributed by atoms with E-state index >= 15 is 0 Å². The number of nitrogens with zero attached hydrogens (tertiary/aromatic N) is 1. The molecule has 144 valence electrons. The predicted molar refractivity (Wildman–Crippen MR) is 94.7 cm³/mol. The van der Waals surface area contributed by atoms with E-state index in [0.29, 0.717) is 19.6 Å². The summed E-state index contributed by atoms with van der Waals surface area (Å²) in [4.78, 5) is 16.2. The van der Waals surface area contributed by atoms with Gasteiger partial charge in [-0.25, -0.2) is 22.5 Å². The average Bonchev–Trinajstić information content (AvgIpc) is 3.15. The minimum absolute atomic E-state index is 0.00849. The quantitative estimate of drug-likeness (QED) is 0.769. The van der Waals surface area contributed by atoms with Gasteiger partial charge in [-0.1, -0.05) is 0 Å². The minimum Gasteiger partial charge on any atom is -0.496 e. The number of amides is 1. The third kappa shape index (κ3) is 4.59. The van der Waals surface area contributed by atoms with Crippen LogP contribution in [-0.2, 0) is 14.8 Å². The van der Waals surface area contributed by atoms with Crippen LogP contribution in [-0.4, -0.2) is 45.7 Å². The van der Waals surface area contributed by atoms with Crippen molar-refractivity contribution in [3.8, 4) is 5.75 Å². The summed E-state index contributed by atoms with van der Waals surface area (Å²) in [5.74, 6) is -0.858. The molecule has 1 atom stereocenters. The van der Waals surface area contributed by atoms with Crippen LogP contribution in [0.25, 0.3) is 0 Å². The van der Waals surface area contributed by atoms with Crippen LogP contribution in [0, 0.1) is 5.82 Å². The van der Waals surface area contributed by atoms with Gasteiger partial charge in [0.2, 0.25) is 10.0 Å². The van der Waals surface area contributed by atoms with Gasteiger partial charge in [-0.2, -0.15) is 0 Å². The Labute approximate surface area is 155 Å². The van der Waals surface area contributed by atoms with Crippen molar-refractivity contribution >= 4 is 21.7 Å². The standard InChI is InChI=1S/C17H18FN3O5S/c1-25-15-4-3-13(27(23,24)21-12-6-7-26-10-12)8-14(15)17(22)20-16-5-2-11(18)9-19-16/h2-5,8-9,12,21H,6-7,10H2,1H3,(H,19,20,22). The van der Waals surface area contributed by atoms with E-state index in [1.54, 1.807) is 0 Å². The van der Waals surface area contributed by atoms with E-state index in [2.05, 4.69) is 15.0 Å². The molecule has 1 amide bonds. The molecule has 1 aromatic carbocycles. The zero-order valence-corrected chi connectivity index (χ0v) is 15.3. The highest BCUT2D eigenvalue weighted by atomic mass is 32.2. The zero-order valence-electron chi connectivity index (χ0n) is 14.4. The average molecular weight is 395 g/mol. The summed E-state index contributed by atoms with van der Waals surface area (Å²) in [5, 5.41) is 2.48. The third-order valence-corrected chi connectivity index (χ3v) is 5.46. The lowest BCUT2D eigenvalue weighted by Gasteiger charge is -2.14. The van der Waals surface area contributed by atoms with E-state index in [-0.39, 0.29) is 28.1 Å². The molecule has 8 nitrogen and oxygen atoms in total. The molecule has 1 aliphatic heterocycles. The van der Waals surface area contributed by atoms with Gasteiger partial charge in [0.05, 0.1) is 30.4 Å². The summed E-state index contributed by atoms with van der Waals surface area (Å²) in [5.41, 5.74) is 0.00849. The van der Waals surface area contributed by atoms with Gasteiger partial charge in [0.25, 0.3) is 5.91 Å². The Kier molecular flexibility index (Phi) is 5.68. The third-order valence-electron chi connectivity index (χ3n) is 3.95. The number of hydrogen-bond acceptors (Lipinski definition) is 6. The number of halogens is 1. The number of aromatic nitrogens is 1. The topological polar surface area (TPSA) is 107 Å². The van der Waals surface area contributed by atoms with Crippen molar-refractivity contribution in [2.75, 3.05) is 25.6 Å². The van der Waals surface area contributed by atoms with Gasteiger partial charge in [0.15, 0.2) is 0 Å². The molecule has 1 fully saturated rings. The lowest BCUT2D eigenvalue weighted by Crippen LogP contribution is -2.35. The van der Waals surface area contributed by atoms with Crippen LogP contribution in [0.5, 0.6) is 5.75 Å². The van der Waals surface area contributed by atoms with E-state index in [1.807, 2.05) is 0 Å². The van der Waals surface area contributed by atoms with Crippen molar-refractivity contribution < 1.29 is 27.1 Å². The van der Waals surface area contributed by atoms with Crippen molar-refractivity contribution in [1.82, 2.24) is 9.71 Å². The summed E-state index contributed by atoms with van der Waals surface area (Å²) >= 11 is 0. The number of carbonyl (C=O) groups is 1. The lowest BCUT2D eigenvalue weighted by molar-refractivity contribution is 0.102. The van der Waals surface area contributed by atoms with E-state index in [4.69, 9.17) is 9.47 Å². The van der Waals surface area contributed by atoms with E-state index < -0.39 is 21.7 Å². The molecule has 0 spiro atoms. The second-order valence-electron chi connectivity index (χ2n) is 5.86. The van der Waals surface area contributed by atoms with Crippen LogP contribution in [0.3, 0.4) is 0 Å². The SMILES string of the molecule is COc1ccc(S(=O)(=O)NC2CCOC2)cc1C(=O)Nc1ccc(F)cn1. The summed E-state index contributed by atoms with van der Waals surface area (Å²) in [6.45, 7) is 0.799. The van der Waals surface area contributed by atoms with E-state index in [0.717, 1.165) is 12.3 Å². The van der Waals surface area contributed by atoms with Gasteiger partial charge in [-0.15, -0.1) is 0 Å². The number of sulfonamides is 1. The Morgan fingerprint density at radius 2 is 2.15 bits per heavy atom. The Hall–Kier alpha value is -2.56. The zero-order chi connectivity index (χ0) is 19.4. The molecular formula is C17H18FN3O5S. The van der Waals surface area contributed by atoms with Crippen molar-refractivity contribution in [3.63, 3.8) is 0 Å². The minimum atomic E-state index is -3.83. The molecule has 1 aromatic heterocycles. The maximum Gasteiger partial charge on any atom is 0.260 e. The first-order chi connectivity index (χ1) is 12.9. The number of pyridine rings is 1. The molecule has 0 radical (unpaired) electrons. The molecule has 3 rings (SSSR count). The fourth-order valence-corrected chi connectivity index (χ4v) is 3.86. The molecule has 0 bridgehead atoms. The number of nitrogens with one attached hydrogen (secondary N) is 2. The predicted octanol–water partition coefficient (Wildman–Crippen LogP) is 1.55. The van der Waals surface area contributed by atoms with Gasteiger partial charge >= 0.3 is 0 Å². The molecule has 0 aliphatic carbocycles. The first-order valence-corrected chi connectivity index (χ1v) is 9.58. The van der Waals surface area contributed by atoms with Gasteiger partial charge in [0, 0.05) is 12.6 Å². The highest BCUT2D eigenvalue weighted by Crippen LogP contribution is 2.24. The molecule has 2 aromatic rings. The van der Waals surface area contributed by atoms with Crippen LogP contribution in [0.1, 0.15) is 16.8 Å². The van der Waals surface area contributed by atoms with Crippen molar-refractivity contribution in [1.29, 1.82) is 0 Å². The summed E-state index contributed by atoms with van der Waals surface area (Å²) in [7, 11) is -2.47. The smallest absolute Gasteiger partial charge is 0.260 e. The van der Waals surface area contributed by atoms with Crippen LogP contribution in [0.4, 0.5) is 10.2 Å². The number of carbonyl (C=O) groups excluding carboxylic acids is 1. The molecular weight excluding hydrogens is 377 g/mol. The Morgan fingerprint density at radius 1 is 1.33 bits per heavy atom. The van der Waals surface area contributed by atoms with Crippen LogP contribution in [0.2, 0.25) is 0 Å². The second kappa shape index (κ2) is 7.99. The molecule has 1 aliphatic rings. The number of anilines is 1. The van der Waals surface area contributed by atoms with Gasteiger partial charge < -0.3 is 14.8 Å². The van der Waals surface area contributed by atoms with Gasteiger partial charge in [0.1, 0.15) is 17.4 Å². The van der Waals surface area contributed by atoms with Crippen molar-refractivity contribution in [3.05, 3.63) is 47.9 Å². The van der Waals surface area contributed by atoms with Crippen LogP contribution < -0.4 is 14.8 Å². The molecule has 2 N–H and O–H groups in total. The number of benzene rings is 1. The highest BCUT2D eigenvalue weighted by Gasteiger charge is 2.25. The first-order valence-electron chi connectivity index (χ1n) is 8.10. The molecule has 1 saturated heterocycles. The first kappa shape index (κ1) is 19.2. The van der Waals surface area contributed by atoms with E-state index in [1.165, 1.54) is 31.4 Å². The second-order valence-corrected chi connectivity index (χ2v) is 7.57. The number of ether oxygens (including phenoxy) is 2. The number of methoxy groups -OCH3 is 1.